The molecule has 4 rings (SSSR count). The fourth-order valence-corrected chi connectivity index (χ4v) is 5.09. The zero-order valence-electron chi connectivity index (χ0n) is 14.6. The van der Waals surface area contributed by atoms with Gasteiger partial charge in [0, 0.05) is 27.3 Å². The van der Waals surface area contributed by atoms with Crippen LogP contribution in [0.5, 0.6) is 0 Å². The molecule has 2 aromatic carbocycles. The van der Waals surface area contributed by atoms with Gasteiger partial charge in [0.2, 0.25) is 5.69 Å². The first kappa shape index (κ1) is 15.5. The zero-order chi connectivity index (χ0) is 16.9. The van der Waals surface area contributed by atoms with Crippen molar-refractivity contribution in [2.24, 2.45) is 7.05 Å². The predicted octanol–water partition coefficient (Wildman–Crippen LogP) is 5.28. The topological polar surface area (TPSA) is 3.88 Å². The van der Waals surface area contributed by atoms with E-state index < -0.39 is 0 Å². The van der Waals surface area contributed by atoms with Gasteiger partial charge in [0.05, 0.1) is 5.56 Å². The second-order valence-corrected chi connectivity index (χ2v) is 8.17. The molecule has 1 aliphatic heterocycles. The molecule has 3 aromatic rings. The van der Waals surface area contributed by atoms with E-state index in [1.807, 2.05) is 11.8 Å². The van der Waals surface area contributed by atoms with E-state index in [1.54, 1.807) is 0 Å². The van der Waals surface area contributed by atoms with Crippen molar-refractivity contribution in [3.63, 3.8) is 0 Å². The van der Waals surface area contributed by atoms with Gasteiger partial charge in [-0.05, 0) is 41.8 Å². The average molecular weight is 332 g/mol. The summed E-state index contributed by atoms with van der Waals surface area (Å²) in [5, 5.41) is 0. The summed E-state index contributed by atoms with van der Waals surface area (Å²) in [6, 6.07) is 19.9. The average Bonchev–Trinajstić information content (AvgIpc) is 2.56. The number of pyridine rings is 1. The Morgan fingerprint density at radius 2 is 1.62 bits per heavy atom. The highest BCUT2D eigenvalue weighted by atomic mass is 32.2. The Hall–Kier alpha value is -2.06. The van der Waals surface area contributed by atoms with E-state index in [0.29, 0.717) is 0 Å². The minimum atomic E-state index is 0.0410. The van der Waals surface area contributed by atoms with Crippen molar-refractivity contribution in [1.82, 2.24) is 0 Å². The van der Waals surface area contributed by atoms with Crippen LogP contribution >= 0.6 is 11.8 Å². The van der Waals surface area contributed by atoms with E-state index in [4.69, 9.17) is 0 Å². The second-order valence-electron chi connectivity index (χ2n) is 7.08. The highest BCUT2D eigenvalue weighted by molar-refractivity contribution is 7.99. The van der Waals surface area contributed by atoms with E-state index in [9.17, 15) is 0 Å². The Balaban J connectivity index is 1.93. The summed E-state index contributed by atoms with van der Waals surface area (Å²) >= 11 is 1.90. The molecule has 24 heavy (non-hydrogen) atoms. The molecule has 0 N–H and O–H groups in total. The van der Waals surface area contributed by atoms with E-state index in [2.05, 4.69) is 93.2 Å². The molecule has 0 radical (unpaired) electrons. The Morgan fingerprint density at radius 3 is 2.42 bits per heavy atom. The number of fused-ring (bicyclic) bond motifs is 2. The van der Waals surface area contributed by atoms with E-state index in [0.717, 1.165) is 0 Å². The minimum absolute atomic E-state index is 0.0410. The van der Waals surface area contributed by atoms with Gasteiger partial charge in [0.25, 0.3) is 0 Å². The van der Waals surface area contributed by atoms with Crippen LogP contribution in [0.15, 0.2) is 70.6 Å². The van der Waals surface area contributed by atoms with Crippen molar-refractivity contribution in [2.45, 2.75) is 36.0 Å². The summed E-state index contributed by atoms with van der Waals surface area (Å²) in [5.74, 6) is 0. The summed E-state index contributed by atoms with van der Waals surface area (Å²) in [4.78, 5) is 2.75. The molecule has 1 aliphatic rings. The van der Waals surface area contributed by atoms with Crippen molar-refractivity contribution in [1.29, 1.82) is 0 Å². The van der Waals surface area contributed by atoms with Gasteiger partial charge in [-0.3, -0.25) is 0 Å². The largest absolute Gasteiger partial charge is 0.212 e. The molecule has 0 saturated carbocycles. The first-order valence-electron chi connectivity index (χ1n) is 8.36. The molecule has 0 atom stereocenters. The summed E-state index contributed by atoms with van der Waals surface area (Å²) in [6.07, 6.45) is 2.11. The van der Waals surface area contributed by atoms with Crippen LogP contribution in [0.3, 0.4) is 0 Å². The molecule has 0 amide bonds. The lowest BCUT2D eigenvalue weighted by Gasteiger charge is -2.35. The van der Waals surface area contributed by atoms with Crippen molar-refractivity contribution >= 4 is 11.8 Å². The van der Waals surface area contributed by atoms with Crippen LogP contribution in [0.1, 0.15) is 30.5 Å². The normalized spacial score (nSPS) is 14.8. The number of hydrogen-bond acceptors (Lipinski definition) is 1. The van der Waals surface area contributed by atoms with Gasteiger partial charge in [-0.1, -0.05) is 49.9 Å². The third-order valence-corrected chi connectivity index (χ3v) is 6.24. The van der Waals surface area contributed by atoms with Crippen LogP contribution in [0, 0.1) is 6.92 Å². The molecule has 0 spiro atoms. The Morgan fingerprint density at radius 1 is 0.875 bits per heavy atom. The van der Waals surface area contributed by atoms with Crippen LogP contribution in [-0.4, -0.2) is 0 Å². The fraction of sp³-hybridized carbons (Fsp3) is 0.227. The molecule has 0 unspecified atom stereocenters. The van der Waals surface area contributed by atoms with Crippen molar-refractivity contribution in [3.05, 3.63) is 77.5 Å². The molecule has 2 heteroatoms. The molecule has 0 aliphatic carbocycles. The molecule has 1 aromatic heterocycles. The first-order chi connectivity index (χ1) is 11.5. The van der Waals surface area contributed by atoms with Gasteiger partial charge < -0.3 is 0 Å². The summed E-state index contributed by atoms with van der Waals surface area (Å²) in [6.45, 7) is 6.90. The molecular weight excluding hydrogens is 310 g/mol. The van der Waals surface area contributed by atoms with Gasteiger partial charge in [-0.2, -0.15) is 0 Å². The van der Waals surface area contributed by atoms with Gasteiger partial charge >= 0.3 is 0 Å². The maximum absolute atomic E-state index is 2.39. The third kappa shape index (κ3) is 2.29. The maximum Gasteiger partial charge on any atom is 0.212 e. The zero-order valence-corrected chi connectivity index (χ0v) is 15.4. The number of rotatable bonds is 1. The van der Waals surface area contributed by atoms with Crippen LogP contribution in [0.25, 0.3) is 11.3 Å². The predicted molar refractivity (Wildman–Crippen MR) is 100 cm³/mol. The third-order valence-electron chi connectivity index (χ3n) is 5.11. The van der Waals surface area contributed by atoms with Gasteiger partial charge in [0.15, 0.2) is 6.20 Å². The van der Waals surface area contributed by atoms with E-state index in [-0.39, 0.29) is 5.41 Å². The molecule has 2 heterocycles. The number of hydrogen-bond donors (Lipinski definition) is 0. The van der Waals surface area contributed by atoms with Gasteiger partial charge in [-0.15, -0.1) is 0 Å². The molecule has 0 fully saturated rings. The van der Waals surface area contributed by atoms with Crippen LogP contribution < -0.4 is 4.57 Å². The minimum Gasteiger partial charge on any atom is -0.201 e. The smallest absolute Gasteiger partial charge is 0.201 e. The SMILES string of the molecule is Cc1cc2c(cc1-c1cccc[n+]1C)Sc1ccccc1C2(C)C. The number of aromatic nitrogens is 1. The first-order valence-corrected chi connectivity index (χ1v) is 9.17. The molecule has 0 bridgehead atoms. The van der Waals surface area contributed by atoms with Crippen LogP contribution in [0.4, 0.5) is 0 Å². The monoisotopic (exact) mass is 332 g/mol. The standard InChI is InChI=1S/C22H22NS/c1-15-13-18-21(14-16(15)19-10-7-8-12-23(19)4)24-20-11-6-5-9-17(20)22(18,2)3/h5-14H,1-4H3/q+1. The van der Waals surface area contributed by atoms with Gasteiger partial charge in [-0.25, -0.2) is 4.57 Å². The van der Waals surface area contributed by atoms with Crippen molar-refractivity contribution in [2.75, 3.05) is 0 Å². The van der Waals surface area contributed by atoms with Crippen molar-refractivity contribution in [3.8, 4) is 11.3 Å². The molecular formula is C22H22NS+. The fourth-order valence-electron chi connectivity index (χ4n) is 3.68. The van der Waals surface area contributed by atoms with E-state index in [1.165, 1.54) is 37.7 Å². The summed E-state index contributed by atoms with van der Waals surface area (Å²) in [7, 11) is 2.11. The highest BCUT2D eigenvalue weighted by Crippen LogP contribution is 2.50. The highest BCUT2D eigenvalue weighted by Gasteiger charge is 2.33. The van der Waals surface area contributed by atoms with Crippen molar-refractivity contribution < 1.29 is 4.57 Å². The number of aryl methyl sites for hydroxylation is 2. The molecule has 0 saturated heterocycles. The Kier molecular flexibility index (Phi) is 3.54. The summed E-state index contributed by atoms with van der Waals surface area (Å²) < 4.78 is 2.20. The quantitative estimate of drug-likeness (QED) is 0.549. The second kappa shape index (κ2) is 5.49. The number of nitrogens with zero attached hydrogens (tertiary/aromatic N) is 1. The molecule has 120 valence electrons. The molecule has 1 nitrogen and oxygen atoms in total. The van der Waals surface area contributed by atoms with Gasteiger partial charge in [0.1, 0.15) is 7.05 Å². The maximum atomic E-state index is 2.39. The lowest BCUT2D eigenvalue weighted by atomic mass is 9.76. The Labute approximate surface area is 148 Å². The lowest BCUT2D eigenvalue weighted by molar-refractivity contribution is -0.660. The number of benzene rings is 2. The van der Waals surface area contributed by atoms with E-state index >= 15 is 0 Å². The van der Waals surface area contributed by atoms with Crippen LogP contribution in [-0.2, 0) is 12.5 Å². The van der Waals surface area contributed by atoms with Crippen LogP contribution in [0.2, 0.25) is 0 Å². The lowest BCUT2D eigenvalue weighted by Crippen LogP contribution is -2.30. The Bertz CT molecular complexity index is 940. The summed E-state index contributed by atoms with van der Waals surface area (Å²) in [5.41, 5.74) is 6.82.